The number of para-hydroxylation sites is 1. The lowest BCUT2D eigenvalue weighted by atomic mass is 10.1. The van der Waals surface area contributed by atoms with Crippen LogP contribution in [0.1, 0.15) is 49.4 Å². The molecule has 2 heterocycles. The summed E-state index contributed by atoms with van der Waals surface area (Å²) in [5.74, 6) is 0.00750. The smallest absolute Gasteiger partial charge is 0.257 e. The molecule has 0 unspecified atom stereocenters. The van der Waals surface area contributed by atoms with E-state index in [9.17, 15) is 9.59 Å². The van der Waals surface area contributed by atoms with Crippen molar-refractivity contribution < 1.29 is 9.59 Å². The number of nitrogens with one attached hydrogen (secondary N) is 1. The molecule has 6 heteroatoms. The van der Waals surface area contributed by atoms with Gasteiger partial charge in [0.25, 0.3) is 5.91 Å². The van der Waals surface area contributed by atoms with Crippen LogP contribution in [-0.4, -0.2) is 29.6 Å². The van der Waals surface area contributed by atoms with Crippen molar-refractivity contribution in [2.75, 3.05) is 16.8 Å². The highest BCUT2D eigenvalue weighted by Crippen LogP contribution is 2.36. The molecule has 1 aromatic carbocycles. The fourth-order valence-corrected chi connectivity index (χ4v) is 3.04. The highest BCUT2D eigenvalue weighted by Gasteiger charge is 2.29. The van der Waals surface area contributed by atoms with E-state index in [1.54, 1.807) is 42.7 Å². The number of hydrogen-bond donors (Lipinski definition) is 1. The van der Waals surface area contributed by atoms with Crippen LogP contribution in [0.2, 0.25) is 0 Å². The Bertz CT molecular complexity index is 848. The summed E-state index contributed by atoms with van der Waals surface area (Å²) in [4.78, 5) is 35.7. The average molecular weight is 364 g/mol. The van der Waals surface area contributed by atoms with Gasteiger partial charge in [-0.05, 0) is 30.7 Å². The van der Waals surface area contributed by atoms with Gasteiger partial charge in [0, 0.05) is 19.0 Å². The van der Waals surface area contributed by atoms with Crippen molar-refractivity contribution in [3.63, 3.8) is 0 Å². The van der Waals surface area contributed by atoms with Gasteiger partial charge in [0.1, 0.15) is 0 Å². The van der Waals surface area contributed by atoms with Crippen LogP contribution < -0.4 is 10.2 Å². The summed E-state index contributed by atoms with van der Waals surface area (Å²) in [7, 11) is 0. The van der Waals surface area contributed by atoms with Gasteiger partial charge in [-0.25, -0.2) is 4.98 Å². The van der Waals surface area contributed by atoms with Crippen molar-refractivity contribution in [1.29, 1.82) is 0 Å². The summed E-state index contributed by atoms with van der Waals surface area (Å²) in [5, 5.41) is 2.83. The summed E-state index contributed by atoms with van der Waals surface area (Å²) < 4.78 is 0. The van der Waals surface area contributed by atoms with Crippen molar-refractivity contribution in [3.8, 4) is 0 Å². The van der Waals surface area contributed by atoms with Gasteiger partial charge in [0.2, 0.25) is 5.91 Å². The lowest BCUT2D eigenvalue weighted by molar-refractivity contribution is -0.116. The zero-order valence-electron chi connectivity index (χ0n) is 15.5. The topological polar surface area (TPSA) is 74.7 Å². The van der Waals surface area contributed by atoms with E-state index in [1.165, 1.54) is 17.7 Å². The Labute approximate surface area is 159 Å². The minimum atomic E-state index is -0.250. The molecule has 0 radical (unpaired) electrons. The summed E-state index contributed by atoms with van der Waals surface area (Å²) >= 11 is 0. The highest BCUT2D eigenvalue weighted by molar-refractivity contribution is 6.18. The van der Waals surface area contributed by atoms with Gasteiger partial charge >= 0.3 is 0 Å². The second-order valence-electron chi connectivity index (χ2n) is 6.43. The van der Waals surface area contributed by atoms with Gasteiger partial charge in [-0.3, -0.25) is 19.5 Å². The van der Waals surface area contributed by atoms with Crippen LogP contribution in [-0.2, 0) is 4.79 Å². The first-order chi connectivity index (χ1) is 13.2. The van der Waals surface area contributed by atoms with E-state index in [2.05, 4.69) is 22.2 Å². The largest absolute Gasteiger partial charge is 0.319 e. The number of carbonyl (C=O) groups is 2. The molecule has 3 rings (SSSR count). The molecule has 1 aliphatic rings. The third-order valence-electron chi connectivity index (χ3n) is 4.42. The summed E-state index contributed by atoms with van der Waals surface area (Å²) in [6, 6.07) is 10.5. The Kier molecular flexibility index (Phi) is 6.30. The number of aromatic nitrogens is 1. The van der Waals surface area contributed by atoms with Gasteiger partial charge in [0.15, 0.2) is 5.82 Å². The van der Waals surface area contributed by atoms with E-state index < -0.39 is 0 Å². The van der Waals surface area contributed by atoms with Crippen molar-refractivity contribution in [2.24, 2.45) is 4.99 Å². The maximum Gasteiger partial charge on any atom is 0.257 e. The third-order valence-corrected chi connectivity index (χ3v) is 4.42. The van der Waals surface area contributed by atoms with Crippen LogP contribution in [0.5, 0.6) is 0 Å². The number of anilines is 3. The predicted octanol–water partition coefficient (Wildman–Crippen LogP) is 4.35. The van der Waals surface area contributed by atoms with E-state index in [0.717, 1.165) is 19.4 Å². The monoisotopic (exact) mass is 364 g/mol. The molecule has 1 aliphatic heterocycles. The molecule has 0 atom stereocenters. The summed E-state index contributed by atoms with van der Waals surface area (Å²) in [6.07, 6.45) is 8.03. The van der Waals surface area contributed by atoms with Crippen LogP contribution in [0.15, 0.2) is 47.6 Å². The van der Waals surface area contributed by atoms with Crippen molar-refractivity contribution in [3.05, 3.63) is 48.2 Å². The summed E-state index contributed by atoms with van der Waals surface area (Å²) in [5.41, 5.74) is 1.50. The van der Waals surface area contributed by atoms with E-state index >= 15 is 0 Å². The Morgan fingerprint density at radius 3 is 2.89 bits per heavy atom. The van der Waals surface area contributed by atoms with Gasteiger partial charge in [-0.15, -0.1) is 0 Å². The van der Waals surface area contributed by atoms with Crippen molar-refractivity contribution in [1.82, 2.24) is 4.98 Å². The van der Waals surface area contributed by atoms with Crippen molar-refractivity contribution >= 4 is 35.2 Å². The van der Waals surface area contributed by atoms with Crippen LogP contribution in [0.3, 0.4) is 0 Å². The number of pyridine rings is 1. The van der Waals surface area contributed by atoms with Gasteiger partial charge in [0.05, 0.1) is 23.4 Å². The van der Waals surface area contributed by atoms with E-state index in [1.807, 2.05) is 6.07 Å². The quantitative estimate of drug-likeness (QED) is 0.586. The molecule has 0 aliphatic carbocycles. The first-order valence-corrected chi connectivity index (χ1v) is 9.39. The number of benzene rings is 1. The Hall–Kier alpha value is -3.02. The average Bonchev–Trinajstić information content (AvgIpc) is 2.81. The van der Waals surface area contributed by atoms with Gasteiger partial charge in [-0.2, -0.15) is 0 Å². The molecule has 2 aromatic rings. The fraction of sp³-hybridized carbons (Fsp3) is 0.333. The molecule has 6 nitrogen and oxygen atoms in total. The Balaban J connectivity index is 1.81. The van der Waals surface area contributed by atoms with Crippen LogP contribution in [0.25, 0.3) is 0 Å². The lowest BCUT2D eigenvalue weighted by Gasteiger charge is -2.22. The van der Waals surface area contributed by atoms with Crippen LogP contribution in [0, 0.1) is 0 Å². The molecule has 0 bridgehead atoms. The number of carbonyl (C=O) groups excluding carboxylic acids is 2. The van der Waals surface area contributed by atoms with Crippen molar-refractivity contribution in [2.45, 2.75) is 39.0 Å². The molecule has 1 N–H and O–H groups in total. The third kappa shape index (κ3) is 4.39. The molecule has 0 fully saturated rings. The minimum absolute atomic E-state index is 0.159. The maximum absolute atomic E-state index is 13.0. The number of unbranched alkanes of at least 4 members (excludes halogenated alkanes) is 3. The molecular formula is C21H24N4O2. The SMILES string of the molecule is CCCCCCN=CCC(=O)N1c2ccccc2C(=O)Nc2cccnc21. The zero-order chi connectivity index (χ0) is 19.1. The number of nitrogens with zero attached hydrogens (tertiary/aromatic N) is 3. The maximum atomic E-state index is 13.0. The number of hydrogen-bond acceptors (Lipinski definition) is 4. The Morgan fingerprint density at radius 2 is 2.04 bits per heavy atom. The highest BCUT2D eigenvalue weighted by atomic mass is 16.2. The molecule has 0 saturated heterocycles. The molecule has 2 amide bonds. The number of rotatable bonds is 7. The molecule has 27 heavy (non-hydrogen) atoms. The van der Waals surface area contributed by atoms with E-state index in [-0.39, 0.29) is 18.2 Å². The normalized spacial score (nSPS) is 13.1. The van der Waals surface area contributed by atoms with Gasteiger partial charge < -0.3 is 5.32 Å². The predicted molar refractivity (Wildman–Crippen MR) is 108 cm³/mol. The van der Waals surface area contributed by atoms with Gasteiger partial charge in [-0.1, -0.05) is 38.3 Å². The minimum Gasteiger partial charge on any atom is -0.319 e. The molecule has 1 aromatic heterocycles. The number of aliphatic imine (C=N–C) groups is 1. The first-order valence-electron chi connectivity index (χ1n) is 9.39. The zero-order valence-corrected chi connectivity index (χ0v) is 15.5. The molecule has 0 spiro atoms. The lowest BCUT2D eigenvalue weighted by Crippen LogP contribution is -2.27. The Morgan fingerprint density at radius 1 is 1.19 bits per heavy atom. The molecular weight excluding hydrogens is 340 g/mol. The summed E-state index contributed by atoms with van der Waals surface area (Å²) in [6.45, 7) is 2.91. The fourth-order valence-electron chi connectivity index (χ4n) is 3.04. The standard InChI is InChI=1S/C21H24N4O2/c1-2-3-4-7-13-22-15-12-19(26)25-18-11-6-5-9-16(18)21(27)24-17-10-8-14-23-20(17)25/h5-6,8-11,14-15H,2-4,7,12-13H2,1H3,(H,24,27). The second kappa shape index (κ2) is 9.07. The second-order valence-corrected chi connectivity index (χ2v) is 6.43. The first kappa shape index (κ1) is 18.8. The van der Waals surface area contributed by atoms with Crippen LogP contribution >= 0.6 is 0 Å². The van der Waals surface area contributed by atoms with E-state index in [4.69, 9.17) is 0 Å². The molecule has 0 saturated carbocycles. The molecule has 140 valence electrons. The number of fused-ring (bicyclic) bond motifs is 2. The number of amides is 2. The van der Waals surface area contributed by atoms with Crippen LogP contribution in [0.4, 0.5) is 17.2 Å². The van der Waals surface area contributed by atoms with E-state index in [0.29, 0.717) is 22.8 Å².